The molecule has 19 heavy (non-hydrogen) atoms. The number of aryl methyl sites for hydroxylation is 1. The molecule has 0 saturated heterocycles. The van der Waals surface area contributed by atoms with Crippen molar-refractivity contribution < 1.29 is 4.79 Å². The van der Waals surface area contributed by atoms with Gasteiger partial charge < -0.3 is 9.88 Å². The van der Waals surface area contributed by atoms with Crippen LogP contribution in [0.3, 0.4) is 0 Å². The van der Waals surface area contributed by atoms with Gasteiger partial charge in [0.1, 0.15) is 5.82 Å². The van der Waals surface area contributed by atoms with E-state index in [-0.39, 0.29) is 11.9 Å². The number of carbonyl (C=O) groups excluding carboxylic acids is 1. The maximum Gasteiger partial charge on any atom is 0.261 e. The van der Waals surface area contributed by atoms with Gasteiger partial charge in [0, 0.05) is 13.0 Å². The summed E-state index contributed by atoms with van der Waals surface area (Å²) in [7, 11) is 0. The van der Waals surface area contributed by atoms with Crippen molar-refractivity contribution in [3.05, 3.63) is 32.4 Å². The van der Waals surface area contributed by atoms with Gasteiger partial charge in [-0.1, -0.05) is 0 Å². The molecule has 0 unspecified atom stereocenters. The largest absolute Gasteiger partial charge is 0.342 e. The summed E-state index contributed by atoms with van der Waals surface area (Å²) in [5.74, 6) is 1.80. The first kappa shape index (κ1) is 12.8. The molecule has 3 rings (SSSR count). The van der Waals surface area contributed by atoms with Gasteiger partial charge >= 0.3 is 0 Å². The zero-order valence-electron chi connectivity index (χ0n) is 10.4. The Balaban J connectivity index is 1.74. The minimum Gasteiger partial charge on any atom is -0.342 e. The summed E-state index contributed by atoms with van der Waals surface area (Å²) in [6.07, 6.45) is 2.09. The first-order valence-electron chi connectivity index (χ1n) is 6.13. The van der Waals surface area contributed by atoms with E-state index in [2.05, 4.69) is 36.0 Å². The number of hydrogen-bond donors (Lipinski definition) is 1. The number of nitrogens with one attached hydrogen (secondary N) is 1. The van der Waals surface area contributed by atoms with E-state index in [1.165, 1.54) is 11.3 Å². The number of hydrogen-bond acceptors (Lipinski definition) is 4. The van der Waals surface area contributed by atoms with Gasteiger partial charge in [0.2, 0.25) is 0 Å². The van der Waals surface area contributed by atoms with Crippen LogP contribution in [0.5, 0.6) is 0 Å². The highest BCUT2D eigenvalue weighted by Crippen LogP contribution is 2.23. The smallest absolute Gasteiger partial charge is 0.261 e. The van der Waals surface area contributed by atoms with Crippen LogP contribution in [0.4, 0.5) is 0 Å². The topological polar surface area (TPSA) is 59.8 Å². The number of aromatic nitrogens is 3. The van der Waals surface area contributed by atoms with Gasteiger partial charge in [0.15, 0.2) is 5.82 Å². The summed E-state index contributed by atoms with van der Waals surface area (Å²) in [5, 5.41) is 11.3. The summed E-state index contributed by atoms with van der Waals surface area (Å²) in [6.45, 7) is 2.89. The molecule has 0 aliphatic carbocycles. The van der Waals surface area contributed by atoms with E-state index < -0.39 is 0 Å². The third-order valence-corrected chi connectivity index (χ3v) is 4.79. The fourth-order valence-electron chi connectivity index (χ4n) is 2.26. The lowest BCUT2D eigenvalue weighted by atomic mass is 10.3. The van der Waals surface area contributed by atoms with Crippen LogP contribution >= 0.6 is 27.3 Å². The minimum atomic E-state index is -0.132. The molecule has 1 amide bonds. The highest BCUT2D eigenvalue weighted by Gasteiger charge is 2.22. The van der Waals surface area contributed by atoms with Gasteiger partial charge in [0.25, 0.3) is 5.91 Å². The average Bonchev–Trinajstić information content (AvgIpc) is 3.02. The Labute approximate surface area is 123 Å². The summed E-state index contributed by atoms with van der Waals surface area (Å²) in [4.78, 5) is 12.8. The normalized spacial score (nSPS) is 15.3. The molecule has 0 aromatic carbocycles. The maximum absolute atomic E-state index is 12.1. The number of fused-ring (bicyclic) bond motifs is 1. The number of halogens is 1. The Hall–Kier alpha value is -1.21. The second-order valence-corrected chi connectivity index (χ2v) is 6.99. The maximum atomic E-state index is 12.1. The standard InChI is InChI=1S/C12H13BrN4OS/c1-7(11-16-15-10-3-2-6-17(10)11)14-12(18)8-4-5-9(13)19-8/h4-5,7H,2-3,6H2,1H3,(H,14,18)/t7-/m1/s1. The monoisotopic (exact) mass is 340 g/mol. The molecule has 0 spiro atoms. The van der Waals surface area contributed by atoms with Crippen molar-refractivity contribution in [2.24, 2.45) is 0 Å². The lowest BCUT2D eigenvalue weighted by molar-refractivity contribution is 0.0941. The van der Waals surface area contributed by atoms with Crippen molar-refractivity contribution in [3.63, 3.8) is 0 Å². The van der Waals surface area contributed by atoms with E-state index in [1.807, 2.05) is 19.1 Å². The van der Waals surface area contributed by atoms with Crippen LogP contribution in [0.15, 0.2) is 15.9 Å². The Morgan fingerprint density at radius 1 is 1.53 bits per heavy atom. The summed E-state index contributed by atoms with van der Waals surface area (Å²) in [5.41, 5.74) is 0. The van der Waals surface area contributed by atoms with Crippen molar-refractivity contribution in [2.45, 2.75) is 32.4 Å². The van der Waals surface area contributed by atoms with Crippen LogP contribution in [-0.2, 0) is 13.0 Å². The van der Waals surface area contributed by atoms with Gasteiger partial charge in [-0.15, -0.1) is 21.5 Å². The number of rotatable bonds is 3. The van der Waals surface area contributed by atoms with E-state index >= 15 is 0 Å². The third kappa shape index (κ3) is 2.44. The molecule has 0 bridgehead atoms. The molecule has 1 aliphatic rings. The molecule has 2 aromatic heterocycles. The predicted octanol–water partition coefficient (Wildman–Crippen LogP) is 2.54. The molecule has 3 heterocycles. The number of thiophene rings is 1. The van der Waals surface area contributed by atoms with E-state index in [1.54, 1.807) is 0 Å². The molecule has 5 nitrogen and oxygen atoms in total. The van der Waals surface area contributed by atoms with Gasteiger partial charge in [0.05, 0.1) is 14.7 Å². The Kier molecular flexibility index (Phi) is 3.40. The lowest BCUT2D eigenvalue weighted by Crippen LogP contribution is -2.28. The van der Waals surface area contributed by atoms with Crippen LogP contribution < -0.4 is 5.32 Å². The fraction of sp³-hybridized carbons (Fsp3) is 0.417. The zero-order valence-corrected chi connectivity index (χ0v) is 12.8. The molecule has 1 atom stereocenters. The van der Waals surface area contributed by atoms with Crippen molar-refractivity contribution in [1.29, 1.82) is 0 Å². The molecule has 7 heteroatoms. The predicted molar refractivity (Wildman–Crippen MR) is 76.2 cm³/mol. The second kappa shape index (κ2) is 5.05. The van der Waals surface area contributed by atoms with E-state index in [0.29, 0.717) is 4.88 Å². The molecule has 0 saturated carbocycles. The lowest BCUT2D eigenvalue weighted by Gasteiger charge is -2.13. The van der Waals surface area contributed by atoms with E-state index in [4.69, 9.17) is 0 Å². The summed E-state index contributed by atoms with van der Waals surface area (Å²) in [6, 6.07) is 3.55. The SMILES string of the molecule is C[C@@H](NC(=O)c1ccc(Br)s1)c1nnc2n1CCC2. The third-order valence-electron chi connectivity index (χ3n) is 3.17. The highest BCUT2D eigenvalue weighted by molar-refractivity contribution is 9.11. The quantitative estimate of drug-likeness (QED) is 0.933. The van der Waals surface area contributed by atoms with Crippen LogP contribution in [0.1, 0.15) is 40.7 Å². The molecule has 2 aromatic rings. The zero-order chi connectivity index (χ0) is 13.4. The summed E-state index contributed by atoms with van der Waals surface area (Å²) < 4.78 is 3.06. The van der Waals surface area contributed by atoms with Gasteiger partial charge in [-0.3, -0.25) is 4.79 Å². The van der Waals surface area contributed by atoms with Gasteiger partial charge in [-0.25, -0.2) is 0 Å². The molecular formula is C12H13BrN4OS. The number of amides is 1. The molecule has 1 N–H and O–H groups in total. The fourth-order valence-corrected chi connectivity index (χ4v) is 3.55. The van der Waals surface area contributed by atoms with Crippen LogP contribution in [0.25, 0.3) is 0 Å². The first-order chi connectivity index (χ1) is 9.15. The Morgan fingerprint density at radius 3 is 3.11 bits per heavy atom. The molecule has 0 radical (unpaired) electrons. The van der Waals surface area contributed by atoms with Crippen LogP contribution in [0.2, 0.25) is 0 Å². The van der Waals surface area contributed by atoms with Crippen molar-refractivity contribution in [1.82, 2.24) is 20.1 Å². The van der Waals surface area contributed by atoms with E-state index in [9.17, 15) is 4.79 Å². The molecule has 0 fully saturated rings. The molecule has 1 aliphatic heterocycles. The van der Waals surface area contributed by atoms with Crippen molar-refractivity contribution in [3.8, 4) is 0 Å². The average molecular weight is 341 g/mol. The van der Waals surface area contributed by atoms with E-state index in [0.717, 1.165) is 34.8 Å². The van der Waals surface area contributed by atoms with Crippen LogP contribution in [-0.4, -0.2) is 20.7 Å². The van der Waals surface area contributed by atoms with Crippen molar-refractivity contribution in [2.75, 3.05) is 0 Å². The van der Waals surface area contributed by atoms with Gasteiger partial charge in [-0.2, -0.15) is 0 Å². The van der Waals surface area contributed by atoms with Crippen LogP contribution in [0, 0.1) is 0 Å². The second-order valence-electron chi connectivity index (χ2n) is 4.53. The minimum absolute atomic E-state index is 0.0708. The highest BCUT2D eigenvalue weighted by atomic mass is 79.9. The molecule has 100 valence electrons. The van der Waals surface area contributed by atoms with Crippen molar-refractivity contribution >= 4 is 33.2 Å². The Bertz CT molecular complexity index is 621. The first-order valence-corrected chi connectivity index (χ1v) is 7.74. The Morgan fingerprint density at radius 2 is 2.37 bits per heavy atom. The summed E-state index contributed by atoms with van der Waals surface area (Å²) >= 11 is 4.78. The number of carbonyl (C=O) groups is 1. The number of nitrogens with zero attached hydrogens (tertiary/aromatic N) is 3. The van der Waals surface area contributed by atoms with Gasteiger partial charge in [-0.05, 0) is 41.4 Å². The molecular weight excluding hydrogens is 328 g/mol.